The van der Waals surface area contributed by atoms with Crippen LogP contribution in [0.1, 0.15) is 15.9 Å². The molecule has 0 saturated heterocycles. The van der Waals surface area contributed by atoms with Crippen LogP contribution < -0.4 is 23.8 Å². The number of rotatable bonds is 8. The third kappa shape index (κ3) is 4.59. The Labute approximate surface area is 173 Å². The molecule has 7 heteroatoms. The van der Waals surface area contributed by atoms with Crippen molar-refractivity contribution in [2.24, 2.45) is 0 Å². The Bertz CT molecular complexity index is 893. The molecule has 6 nitrogen and oxygen atoms in total. The van der Waals surface area contributed by atoms with Crippen molar-refractivity contribution in [2.45, 2.75) is 0 Å². The summed E-state index contributed by atoms with van der Waals surface area (Å²) in [5.41, 5.74) is 2.03. The number of nitrogens with zero attached hydrogens (tertiary/aromatic N) is 1. The molecule has 0 spiro atoms. The van der Waals surface area contributed by atoms with Crippen molar-refractivity contribution in [3.63, 3.8) is 0 Å². The van der Waals surface area contributed by atoms with E-state index in [9.17, 15) is 4.79 Å². The van der Waals surface area contributed by atoms with Gasteiger partial charge in [0.05, 0.1) is 38.6 Å². The lowest BCUT2D eigenvalue weighted by Gasteiger charge is -2.17. The van der Waals surface area contributed by atoms with E-state index in [1.807, 2.05) is 19.0 Å². The number of carbonyl (C=O) groups excluding carboxylic acids is 1. The highest BCUT2D eigenvalue weighted by Crippen LogP contribution is 2.36. The van der Waals surface area contributed by atoms with E-state index in [0.717, 1.165) is 5.69 Å². The molecular weight excluding hydrogens is 426 g/mol. The summed E-state index contributed by atoms with van der Waals surface area (Å²) in [6.07, 6.45) is 1.70. The minimum Gasteiger partial charge on any atom is -0.496 e. The molecule has 0 saturated carbocycles. The number of halogens is 1. The Morgan fingerprint density at radius 3 is 1.96 bits per heavy atom. The number of anilines is 1. The second-order valence-electron chi connectivity index (χ2n) is 6.05. The van der Waals surface area contributed by atoms with Gasteiger partial charge in [-0.25, -0.2) is 0 Å². The molecule has 0 aliphatic heterocycles. The lowest BCUT2D eigenvalue weighted by atomic mass is 10.1. The first-order valence-electron chi connectivity index (χ1n) is 8.43. The van der Waals surface area contributed by atoms with Gasteiger partial charge in [0.1, 0.15) is 11.5 Å². The van der Waals surface area contributed by atoms with Gasteiger partial charge in [-0.2, -0.15) is 0 Å². The molecule has 2 aromatic carbocycles. The number of hydrogen-bond donors (Lipinski definition) is 0. The topological polar surface area (TPSA) is 57.2 Å². The molecule has 0 amide bonds. The number of allylic oxidation sites excluding steroid dienone is 1. The van der Waals surface area contributed by atoms with Crippen LogP contribution in [0.2, 0.25) is 0 Å². The van der Waals surface area contributed by atoms with Crippen LogP contribution >= 0.6 is 15.9 Å². The lowest BCUT2D eigenvalue weighted by Crippen LogP contribution is -2.11. The van der Waals surface area contributed by atoms with Gasteiger partial charge < -0.3 is 23.8 Å². The van der Waals surface area contributed by atoms with Gasteiger partial charge in [0.25, 0.3) is 0 Å². The zero-order valence-electron chi connectivity index (χ0n) is 16.8. The van der Waals surface area contributed by atoms with E-state index in [1.54, 1.807) is 64.8 Å². The first-order chi connectivity index (χ1) is 13.4. The molecular formula is C21H24BrNO5. The van der Waals surface area contributed by atoms with E-state index < -0.39 is 0 Å². The summed E-state index contributed by atoms with van der Waals surface area (Å²) >= 11 is 3.40. The van der Waals surface area contributed by atoms with E-state index in [2.05, 4.69) is 15.9 Å². The molecule has 2 rings (SSSR count). The predicted molar refractivity (Wildman–Crippen MR) is 115 cm³/mol. The van der Waals surface area contributed by atoms with Gasteiger partial charge in [-0.15, -0.1) is 0 Å². The highest BCUT2D eigenvalue weighted by molar-refractivity contribution is 9.12. The van der Waals surface area contributed by atoms with Crippen LogP contribution in [0.3, 0.4) is 0 Å². The number of ether oxygens (including phenoxy) is 4. The van der Waals surface area contributed by atoms with Gasteiger partial charge in [-0.1, -0.05) is 0 Å². The van der Waals surface area contributed by atoms with Crippen molar-refractivity contribution in [3.05, 3.63) is 45.9 Å². The average molecular weight is 450 g/mol. The maximum absolute atomic E-state index is 12.9. The number of carbonyl (C=O) groups is 1. The number of hydrogen-bond acceptors (Lipinski definition) is 6. The molecule has 150 valence electrons. The molecule has 0 fully saturated rings. The summed E-state index contributed by atoms with van der Waals surface area (Å²) in [5, 5.41) is 0. The van der Waals surface area contributed by atoms with Gasteiger partial charge >= 0.3 is 0 Å². The molecule has 0 bridgehead atoms. The van der Waals surface area contributed by atoms with Gasteiger partial charge in [-0.05, 0) is 46.3 Å². The van der Waals surface area contributed by atoms with Crippen molar-refractivity contribution in [3.8, 4) is 23.0 Å². The Kier molecular flexibility index (Phi) is 7.34. The third-order valence-electron chi connectivity index (χ3n) is 4.16. The van der Waals surface area contributed by atoms with Gasteiger partial charge in [0.15, 0.2) is 17.3 Å². The molecule has 0 heterocycles. The fraction of sp³-hybridized carbons (Fsp3) is 0.286. The number of methoxy groups -OCH3 is 4. The fourth-order valence-electron chi connectivity index (χ4n) is 2.69. The van der Waals surface area contributed by atoms with Crippen molar-refractivity contribution in [2.75, 3.05) is 47.4 Å². The summed E-state index contributed by atoms with van der Waals surface area (Å²) < 4.78 is 21.8. The third-order valence-corrected chi connectivity index (χ3v) is 4.75. The quantitative estimate of drug-likeness (QED) is 0.439. The fourth-order valence-corrected chi connectivity index (χ4v) is 3.16. The molecule has 0 aliphatic carbocycles. The zero-order valence-corrected chi connectivity index (χ0v) is 18.4. The summed E-state index contributed by atoms with van der Waals surface area (Å²) in [4.78, 5) is 14.8. The van der Waals surface area contributed by atoms with Crippen molar-refractivity contribution in [1.29, 1.82) is 0 Å². The minimum atomic E-state index is -0.164. The van der Waals surface area contributed by atoms with Crippen LogP contribution in [0, 0.1) is 0 Å². The van der Waals surface area contributed by atoms with Gasteiger partial charge in [0, 0.05) is 31.3 Å². The highest BCUT2D eigenvalue weighted by atomic mass is 79.9. The minimum absolute atomic E-state index is 0.164. The smallest absolute Gasteiger partial charge is 0.200 e. The predicted octanol–water partition coefficient (Wildman–Crippen LogP) is 4.41. The van der Waals surface area contributed by atoms with E-state index in [-0.39, 0.29) is 5.78 Å². The Hall–Kier alpha value is -2.67. The Morgan fingerprint density at radius 2 is 1.43 bits per heavy atom. The van der Waals surface area contributed by atoms with Crippen LogP contribution in [-0.4, -0.2) is 48.3 Å². The van der Waals surface area contributed by atoms with Crippen molar-refractivity contribution in [1.82, 2.24) is 0 Å². The highest BCUT2D eigenvalue weighted by Gasteiger charge is 2.16. The summed E-state index contributed by atoms with van der Waals surface area (Å²) in [5.74, 6) is 2.18. The van der Waals surface area contributed by atoms with E-state index >= 15 is 0 Å². The molecule has 0 unspecified atom stereocenters. The Balaban J connectivity index is 2.45. The maximum atomic E-state index is 12.9. The number of ketones is 1. The molecule has 2 aromatic rings. The SMILES string of the molecule is COc1cc(OC)c(OC)cc1C=C(Br)C(=O)c1ccc(OC)c(N(C)C)c1. The molecule has 0 N–H and O–H groups in total. The van der Waals surface area contributed by atoms with Gasteiger partial charge in [0.2, 0.25) is 0 Å². The van der Waals surface area contributed by atoms with E-state index in [4.69, 9.17) is 18.9 Å². The average Bonchev–Trinajstić information content (AvgIpc) is 2.71. The summed E-state index contributed by atoms with van der Waals surface area (Å²) in [6.45, 7) is 0. The van der Waals surface area contributed by atoms with Crippen LogP contribution in [0.4, 0.5) is 5.69 Å². The monoisotopic (exact) mass is 449 g/mol. The molecule has 0 radical (unpaired) electrons. The largest absolute Gasteiger partial charge is 0.496 e. The van der Waals surface area contributed by atoms with Crippen LogP contribution in [0.15, 0.2) is 34.8 Å². The van der Waals surface area contributed by atoms with Crippen molar-refractivity contribution >= 4 is 33.5 Å². The Morgan fingerprint density at radius 1 is 0.857 bits per heavy atom. The molecule has 0 aromatic heterocycles. The second-order valence-corrected chi connectivity index (χ2v) is 6.91. The van der Waals surface area contributed by atoms with Crippen LogP contribution in [0.5, 0.6) is 23.0 Å². The second kappa shape index (κ2) is 9.50. The molecule has 28 heavy (non-hydrogen) atoms. The first kappa shape index (κ1) is 21.6. The van der Waals surface area contributed by atoms with Crippen molar-refractivity contribution < 1.29 is 23.7 Å². The number of Topliss-reactive ketones (excluding diaryl/α,β-unsaturated/α-hetero) is 1. The maximum Gasteiger partial charge on any atom is 0.200 e. The first-order valence-corrected chi connectivity index (χ1v) is 9.22. The summed E-state index contributed by atoms with van der Waals surface area (Å²) in [6, 6.07) is 8.77. The molecule has 0 aliphatic rings. The van der Waals surface area contributed by atoms with E-state index in [1.165, 1.54) is 0 Å². The normalized spacial score (nSPS) is 11.0. The van der Waals surface area contributed by atoms with Gasteiger partial charge in [-0.3, -0.25) is 4.79 Å². The molecule has 0 atom stereocenters. The summed E-state index contributed by atoms with van der Waals surface area (Å²) in [7, 11) is 10.1. The standard InChI is InChI=1S/C21H24BrNO5/c1-23(2)16-10-13(7-8-17(16)25-3)21(24)15(22)9-14-11-19(27-5)20(28-6)12-18(14)26-4/h7-12H,1-6H3. The number of benzene rings is 2. The van der Waals surface area contributed by atoms with E-state index in [0.29, 0.717) is 38.6 Å². The van der Waals surface area contributed by atoms with Crippen LogP contribution in [0.25, 0.3) is 6.08 Å². The van der Waals surface area contributed by atoms with Crippen LogP contribution in [-0.2, 0) is 0 Å². The zero-order chi connectivity index (χ0) is 20.8. The lowest BCUT2D eigenvalue weighted by molar-refractivity contribution is 0.104.